The van der Waals surface area contributed by atoms with Crippen LogP contribution in [0.25, 0.3) is 5.57 Å². The minimum atomic E-state index is 0.0526. The summed E-state index contributed by atoms with van der Waals surface area (Å²) in [5.41, 5.74) is 5.14. The van der Waals surface area contributed by atoms with Crippen LogP contribution in [0, 0.1) is 6.92 Å². The van der Waals surface area contributed by atoms with E-state index in [1.165, 1.54) is 29.5 Å². The van der Waals surface area contributed by atoms with Gasteiger partial charge >= 0.3 is 0 Å². The molecule has 0 spiro atoms. The Bertz CT molecular complexity index is 874. The van der Waals surface area contributed by atoms with E-state index < -0.39 is 0 Å². The molecule has 1 fully saturated rings. The second-order valence-electron chi connectivity index (χ2n) is 8.18. The molecule has 0 saturated carbocycles. The first kappa shape index (κ1) is 20.1. The number of ether oxygens (including phenoxy) is 1. The van der Waals surface area contributed by atoms with E-state index in [4.69, 9.17) is 9.15 Å². The highest BCUT2D eigenvalue weighted by Crippen LogP contribution is 2.31. The van der Waals surface area contributed by atoms with Crippen LogP contribution >= 0.6 is 0 Å². The molecule has 29 heavy (non-hydrogen) atoms. The van der Waals surface area contributed by atoms with Gasteiger partial charge in [0, 0.05) is 26.1 Å². The van der Waals surface area contributed by atoms with Crippen LogP contribution in [0.5, 0.6) is 0 Å². The average Bonchev–Trinajstić information content (AvgIpc) is 3.21. The Labute approximate surface area is 173 Å². The van der Waals surface area contributed by atoms with E-state index in [9.17, 15) is 4.79 Å². The molecule has 4 rings (SSSR count). The third-order valence-corrected chi connectivity index (χ3v) is 6.00. The standard InChI is InChI=1S/C25H31NO3/c1-19-7-10-25(29-19)24(27)18-22-9-8-20(11-12-26-13-15-28-16-14-26)17-23(22)21-5-3-2-4-6-21/h5,7-10,17H,2-4,6,11-16,18H2,1H3. The molecule has 0 N–H and O–H groups in total. The molecule has 4 heteroatoms. The zero-order chi connectivity index (χ0) is 20.1. The zero-order valence-electron chi connectivity index (χ0n) is 17.4. The smallest absolute Gasteiger partial charge is 0.202 e. The number of aryl methyl sites for hydroxylation is 1. The van der Waals surface area contributed by atoms with Crippen LogP contribution in [0.2, 0.25) is 0 Å². The Morgan fingerprint density at radius 3 is 2.69 bits per heavy atom. The number of furan rings is 1. The Morgan fingerprint density at radius 1 is 1.10 bits per heavy atom. The number of benzene rings is 1. The van der Waals surface area contributed by atoms with Crippen molar-refractivity contribution in [1.29, 1.82) is 0 Å². The average molecular weight is 394 g/mol. The van der Waals surface area contributed by atoms with Crippen LogP contribution in [-0.4, -0.2) is 43.5 Å². The number of morpholine rings is 1. The quantitative estimate of drug-likeness (QED) is 0.631. The monoisotopic (exact) mass is 393 g/mol. The van der Waals surface area contributed by atoms with Gasteiger partial charge in [0.15, 0.2) is 5.76 Å². The Kier molecular flexibility index (Phi) is 6.63. The van der Waals surface area contributed by atoms with Gasteiger partial charge in [0.1, 0.15) is 5.76 Å². The molecule has 1 aromatic heterocycles. The maximum absolute atomic E-state index is 12.7. The number of hydrogen-bond donors (Lipinski definition) is 0. The number of Topliss-reactive ketones (excluding diaryl/α,β-unsaturated/α-hetero) is 1. The van der Waals surface area contributed by atoms with Crippen molar-refractivity contribution in [1.82, 2.24) is 4.90 Å². The van der Waals surface area contributed by atoms with Gasteiger partial charge < -0.3 is 9.15 Å². The molecule has 1 aliphatic carbocycles. The number of nitrogens with zero attached hydrogens (tertiary/aromatic N) is 1. The SMILES string of the molecule is Cc1ccc(C(=O)Cc2ccc(CCN3CCOCC3)cc2C2=CCCCC2)o1. The fraction of sp³-hybridized carbons (Fsp3) is 0.480. The van der Waals surface area contributed by atoms with Crippen molar-refractivity contribution in [3.8, 4) is 0 Å². The summed E-state index contributed by atoms with van der Waals surface area (Å²) in [4.78, 5) is 15.2. The molecule has 1 aliphatic heterocycles. The van der Waals surface area contributed by atoms with Gasteiger partial charge in [-0.1, -0.05) is 24.3 Å². The highest BCUT2D eigenvalue weighted by Gasteiger charge is 2.17. The molecule has 154 valence electrons. The summed E-state index contributed by atoms with van der Waals surface area (Å²) in [6, 6.07) is 10.3. The van der Waals surface area contributed by atoms with Gasteiger partial charge in [0.25, 0.3) is 0 Å². The van der Waals surface area contributed by atoms with Crippen molar-refractivity contribution in [3.05, 3.63) is 64.6 Å². The first-order valence-corrected chi connectivity index (χ1v) is 10.9. The van der Waals surface area contributed by atoms with Crippen LogP contribution in [0.3, 0.4) is 0 Å². The van der Waals surface area contributed by atoms with Crippen LogP contribution in [-0.2, 0) is 17.6 Å². The van der Waals surface area contributed by atoms with E-state index in [2.05, 4.69) is 29.2 Å². The van der Waals surface area contributed by atoms with E-state index in [1.807, 2.05) is 13.0 Å². The molecule has 2 heterocycles. The molecule has 4 nitrogen and oxygen atoms in total. The Hall–Kier alpha value is -2.17. The molecule has 0 unspecified atom stereocenters. The van der Waals surface area contributed by atoms with E-state index in [-0.39, 0.29) is 5.78 Å². The molecule has 0 amide bonds. The third-order valence-electron chi connectivity index (χ3n) is 6.00. The third kappa shape index (κ3) is 5.26. The summed E-state index contributed by atoms with van der Waals surface area (Å²) in [6.45, 7) is 6.65. The molecule has 0 bridgehead atoms. The number of ketones is 1. The predicted molar refractivity (Wildman–Crippen MR) is 115 cm³/mol. The van der Waals surface area contributed by atoms with Crippen LogP contribution in [0.4, 0.5) is 0 Å². The van der Waals surface area contributed by atoms with Crippen LogP contribution in [0.1, 0.15) is 58.7 Å². The minimum absolute atomic E-state index is 0.0526. The van der Waals surface area contributed by atoms with Gasteiger partial charge in [-0.25, -0.2) is 0 Å². The summed E-state index contributed by atoms with van der Waals surface area (Å²) in [7, 11) is 0. The molecule has 1 aromatic carbocycles. The van der Waals surface area contributed by atoms with Crippen molar-refractivity contribution in [2.24, 2.45) is 0 Å². The minimum Gasteiger partial charge on any atom is -0.458 e. The van der Waals surface area contributed by atoms with Crippen molar-refractivity contribution >= 4 is 11.4 Å². The summed E-state index contributed by atoms with van der Waals surface area (Å²) >= 11 is 0. The fourth-order valence-electron chi connectivity index (χ4n) is 4.27. The van der Waals surface area contributed by atoms with Crippen molar-refractivity contribution in [2.45, 2.75) is 45.4 Å². The van der Waals surface area contributed by atoms with Gasteiger partial charge in [0.05, 0.1) is 13.2 Å². The summed E-state index contributed by atoms with van der Waals surface area (Å²) in [5, 5.41) is 0. The maximum atomic E-state index is 12.7. The molecule has 1 saturated heterocycles. The second-order valence-corrected chi connectivity index (χ2v) is 8.18. The van der Waals surface area contributed by atoms with Crippen molar-refractivity contribution < 1.29 is 13.9 Å². The van der Waals surface area contributed by atoms with Gasteiger partial charge in [-0.3, -0.25) is 9.69 Å². The normalized spacial score (nSPS) is 17.9. The molecule has 2 aromatic rings. The Morgan fingerprint density at radius 2 is 1.97 bits per heavy atom. The highest BCUT2D eigenvalue weighted by molar-refractivity contribution is 5.95. The predicted octanol–water partition coefficient (Wildman–Crippen LogP) is 4.85. The molecule has 0 atom stereocenters. The fourth-order valence-corrected chi connectivity index (χ4v) is 4.27. The first-order valence-electron chi connectivity index (χ1n) is 10.9. The van der Waals surface area contributed by atoms with Crippen molar-refractivity contribution in [2.75, 3.05) is 32.8 Å². The lowest BCUT2D eigenvalue weighted by Crippen LogP contribution is -2.37. The largest absolute Gasteiger partial charge is 0.458 e. The number of hydrogen-bond acceptors (Lipinski definition) is 4. The van der Waals surface area contributed by atoms with Gasteiger partial charge in [-0.15, -0.1) is 0 Å². The van der Waals surface area contributed by atoms with Gasteiger partial charge in [-0.05, 0) is 73.4 Å². The highest BCUT2D eigenvalue weighted by atomic mass is 16.5. The topological polar surface area (TPSA) is 42.7 Å². The number of carbonyl (C=O) groups is 1. The summed E-state index contributed by atoms with van der Waals surface area (Å²) in [6.07, 6.45) is 8.53. The van der Waals surface area contributed by atoms with Crippen molar-refractivity contribution in [3.63, 3.8) is 0 Å². The number of rotatable bonds is 7. The maximum Gasteiger partial charge on any atom is 0.202 e. The van der Waals surface area contributed by atoms with Crippen LogP contribution in [0.15, 0.2) is 40.8 Å². The lowest BCUT2D eigenvalue weighted by atomic mass is 9.87. The molecular formula is C25H31NO3. The zero-order valence-corrected chi connectivity index (χ0v) is 17.4. The first-order chi connectivity index (χ1) is 14.2. The van der Waals surface area contributed by atoms with E-state index in [0.717, 1.165) is 63.4 Å². The molecular weight excluding hydrogens is 362 g/mol. The second kappa shape index (κ2) is 9.55. The Balaban J connectivity index is 1.53. The van der Waals surface area contributed by atoms with Gasteiger partial charge in [-0.2, -0.15) is 0 Å². The molecule has 0 radical (unpaired) electrons. The van der Waals surface area contributed by atoms with E-state index in [0.29, 0.717) is 12.2 Å². The summed E-state index contributed by atoms with van der Waals surface area (Å²) in [5.74, 6) is 1.29. The van der Waals surface area contributed by atoms with Gasteiger partial charge in [0.2, 0.25) is 5.78 Å². The molecule has 2 aliphatic rings. The lowest BCUT2D eigenvalue weighted by molar-refractivity contribution is 0.0384. The number of carbonyl (C=O) groups excluding carboxylic acids is 1. The van der Waals surface area contributed by atoms with Crippen LogP contribution < -0.4 is 0 Å². The lowest BCUT2D eigenvalue weighted by Gasteiger charge is -2.26. The summed E-state index contributed by atoms with van der Waals surface area (Å²) < 4.78 is 11.0. The van der Waals surface area contributed by atoms with E-state index in [1.54, 1.807) is 6.07 Å². The number of allylic oxidation sites excluding steroid dienone is 2. The van der Waals surface area contributed by atoms with E-state index >= 15 is 0 Å².